The van der Waals surface area contributed by atoms with Crippen LogP contribution in [0, 0.1) is 5.82 Å². The lowest BCUT2D eigenvalue weighted by Crippen LogP contribution is -2.60. The van der Waals surface area contributed by atoms with Crippen LogP contribution in [0.5, 0.6) is 0 Å². The molecule has 0 aliphatic carbocycles. The summed E-state index contributed by atoms with van der Waals surface area (Å²) in [5, 5.41) is 12.1. The van der Waals surface area contributed by atoms with Gasteiger partial charge in [0.25, 0.3) is 0 Å². The Morgan fingerprint density at radius 3 is 2.80 bits per heavy atom. The SMILES string of the molecule is CCC(C)OC(=O)C(Cc1c[nH]c2c(F)cccc12)(NC=O)C(=O)O. The van der Waals surface area contributed by atoms with Crippen molar-refractivity contribution in [1.29, 1.82) is 0 Å². The van der Waals surface area contributed by atoms with E-state index >= 15 is 0 Å². The molecule has 2 rings (SSSR count). The lowest BCUT2D eigenvalue weighted by atomic mass is 9.90. The number of esters is 1. The number of aromatic amines is 1. The zero-order valence-corrected chi connectivity index (χ0v) is 13.8. The largest absolute Gasteiger partial charge is 0.479 e. The van der Waals surface area contributed by atoms with Gasteiger partial charge in [-0.1, -0.05) is 19.1 Å². The molecule has 2 aromatic rings. The number of amides is 1. The molecule has 1 amide bonds. The normalized spacial score (nSPS) is 14.5. The van der Waals surface area contributed by atoms with Gasteiger partial charge in [-0.05, 0) is 25.0 Å². The number of aromatic nitrogens is 1. The fourth-order valence-corrected chi connectivity index (χ4v) is 2.48. The van der Waals surface area contributed by atoms with E-state index in [-0.39, 0.29) is 18.3 Å². The number of benzene rings is 1. The fourth-order valence-electron chi connectivity index (χ4n) is 2.48. The van der Waals surface area contributed by atoms with Crippen LogP contribution in [0.1, 0.15) is 25.8 Å². The van der Waals surface area contributed by atoms with Gasteiger partial charge >= 0.3 is 11.9 Å². The molecule has 2 unspecified atom stereocenters. The Balaban J connectivity index is 2.47. The van der Waals surface area contributed by atoms with Crippen LogP contribution >= 0.6 is 0 Å². The topological polar surface area (TPSA) is 108 Å². The molecular weight excluding hydrogens is 331 g/mol. The number of carboxylic acids is 1. The number of carboxylic acid groups (broad SMARTS) is 1. The van der Waals surface area contributed by atoms with Crippen LogP contribution in [0.2, 0.25) is 0 Å². The van der Waals surface area contributed by atoms with Gasteiger partial charge in [-0.2, -0.15) is 0 Å². The van der Waals surface area contributed by atoms with Crippen LogP contribution in [-0.2, 0) is 25.5 Å². The maximum absolute atomic E-state index is 13.8. The maximum atomic E-state index is 13.8. The van der Waals surface area contributed by atoms with Crippen LogP contribution in [0.4, 0.5) is 4.39 Å². The molecule has 25 heavy (non-hydrogen) atoms. The van der Waals surface area contributed by atoms with E-state index in [1.54, 1.807) is 19.9 Å². The van der Waals surface area contributed by atoms with E-state index in [9.17, 15) is 23.9 Å². The van der Waals surface area contributed by atoms with Crippen molar-refractivity contribution in [2.45, 2.75) is 38.3 Å². The highest BCUT2D eigenvalue weighted by atomic mass is 19.1. The number of rotatable bonds is 8. The first-order valence-corrected chi connectivity index (χ1v) is 7.76. The third-order valence-corrected chi connectivity index (χ3v) is 4.11. The molecule has 1 aromatic heterocycles. The zero-order chi connectivity index (χ0) is 18.6. The Morgan fingerprint density at radius 1 is 1.48 bits per heavy atom. The van der Waals surface area contributed by atoms with Crippen molar-refractivity contribution in [2.75, 3.05) is 0 Å². The fraction of sp³-hybridized carbons (Fsp3) is 0.353. The van der Waals surface area contributed by atoms with Gasteiger partial charge in [0.1, 0.15) is 5.82 Å². The molecule has 0 saturated heterocycles. The number of halogens is 1. The number of para-hydroxylation sites is 1. The third kappa shape index (κ3) is 3.47. The summed E-state index contributed by atoms with van der Waals surface area (Å²) in [6, 6.07) is 4.33. The Labute approximate surface area is 143 Å². The van der Waals surface area contributed by atoms with Crippen molar-refractivity contribution in [3.05, 3.63) is 35.8 Å². The Hall–Kier alpha value is -2.90. The molecule has 1 aromatic carbocycles. The van der Waals surface area contributed by atoms with Crippen molar-refractivity contribution >= 4 is 29.3 Å². The number of fused-ring (bicyclic) bond motifs is 1. The number of carbonyl (C=O) groups excluding carboxylic acids is 2. The summed E-state index contributed by atoms with van der Waals surface area (Å²) in [5.74, 6) is -3.14. The molecular formula is C17H19FN2O5. The molecule has 134 valence electrons. The minimum atomic E-state index is -2.30. The summed E-state index contributed by atoms with van der Waals surface area (Å²) in [7, 11) is 0. The van der Waals surface area contributed by atoms with E-state index in [2.05, 4.69) is 10.3 Å². The quantitative estimate of drug-likeness (QED) is 0.382. The summed E-state index contributed by atoms with van der Waals surface area (Å²) < 4.78 is 18.9. The third-order valence-electron chi connectivity index (χ3n) is 4.11. The van der Waals surface area contributed by atoms with Gasteiger partial charge in [0.15, 0.2) is 0 Å². The highest BCUT2D eigenvalue weighted by Crippen LogP contribution is 2.26. The van der Waals surface area contributed by atoms with E-state index in [0.29, 0.717) is 17.4 Å². The summed E-state index contributed by atoms with van der Waals surface area (Å²) in [4.78, 5) is 38.0. The number of aliphatic carboxylic acids is 1. The van der Waals surface area contributed by atoms with Crippen molar-refractivity contribution in [3.63, 3.8) is 0 Å². The van der Waals surface area contributed by atoms with E-state index in [1.807, 2.05) is 0 Å². The van der Waals surface area contributed by atoms with Crippen molar-refractivity contribution in [1.82, 2.24) is 10.3 Å². The molecule has 0 saturated carbocycles. The second kappa shape index (κ2) is 7.33. The average Bonchev–Trinajstić information content (AvgIpc) is 2.98. The van der Waals surface area contributed by atoms with Gasteiger partial charge in [-0.15, -0.1) is 0 Å². The number of hydrogen-bond donors (Lipinski definition) is 3. The number of ether oxygens (including phenoxy) is 1. The molecule has 3 N–H and O–H groups in total. The maximum Gasteiger partial charge on any atom is 0.344 e. The molecule has 0 aliphatic heterocycles. The number of H-pyrrole nitrogens is 1. The highest BCUT2D eigenvalue weighted by Gasteiger charge is 2.49. The van der Waals surface area contributed by atoms with Crippen molar-refractivity contribution in [2.24, 2.45) is 0 Å². The summed E-state index contributed by atoms with van der Waals surface area (Å²) in [6.07, 6.45) is 1.14. The first-order valence-electron chi connectivity index (χ1n) is 7.76. The van der Waals surface area contributed by atoms with Crippen molar-refractivity contribution < 1.29 is 28.6 Å². The molecule has 0 radical (unpaired) electrons. The molecule has 0 fully saturated rings. The Bertz CT molecular complexity index is 803. The van der Waals surface area contributed by atoms with Gasteiger partial charge in [0.05, 0.1) is 11.6 Å². The predicted molar refractivity (Wildman–Crippen MR) is 87.4 cm³/mol. The summed E-state index contributed by atoms with van der Waals surface area (Å²) >= 11 is 0. The zero-order valence-electron chi connectivity index (χ0n) is 13.8. The van der Waals surface area contributed by atoms with E-state index in [1.165, 1.54) is 18.3 Å². The first kappa shape index (κ1) is 18.4. The standard InChI is InChI=1S/C17H19FN2O5/c1-3-10(2)25-16(24)17(15(22)23,20-9-21)7-11-8-19-14-12(11)5-4-6-13(14)18/h4-6,8-10,19H,3,7H2,1-2H3,(H,20,21)(H,22,23). The van der Waals surface area contributed by atoms with Crippen LogP contribution in [0.15, 0.2) is 24.4 Å². The molecule has 0 aliphatic rings. The molecule has 0 bridgehead atoms. The molecule has 2 atom stereocenters. The van der Waals surface area contributed by atoms with E-state index in [4.69, 9.17) is 4.74 Å². The smallest absolute Gasteiger partial charge is 0.344 e. The second-order valence-corrected chi connectivity index (χ2v) is 5.75. The molecule has 0 spiro atoms. The van der Waals surface area contributed by atoms with E-state index < -0.39 is 29.4 Å². The predicted octanol–water partition coefficient (Wildman–Crippen LogP) is 1.76. The summed E-state index contributed by atoms with van der Waals surface area (Å²) in [5.41, 5.74) is -1.74. The van der Waals surface area contributed by atoms with Crippen LogP contribution in [0.3, 0.4) is 0 Å². The molecule has 8 heteroatoms. The van der Waals surface area contributed by atoms with Gasteiger partial charge in [-0.3, -0.25) is 4.79 Å². The highest BCUT2D eigenvalue weighted by molar-refractivity contribution is 6.06. The first-order chi connectivity index (χ1) is 11.9. The van der Waals surface area contributed by atoms with Crippen LogP contribution in [0.25, 0.3) is 10.9 Å². The van der Waals surface area contributed by atoms with Crippen LogP contribution in [-0.4, -0.2) is 40.1 Å². The van der Waals surface area contributed by atoms with Gasteiger partial charge < -0.3 is 20.1 Å². The monoisotopic (exact) mass is 350 g/mol. The van der Waals surface area contributed by atoms with Gasteiger partial charge in [-0.25, -0.2) is 14.0 Å². The Morgan fingerprint density at radius 2 is 2.20 bits per heavy atom. The summed E-state index contributed by atoms with van der Waals surface area (Å²) in [6.45, 7) is 3.39. The van der Waals surface area contributed by atoms with E-state index in [0.717, 1.165) is 0 Å². The molecule has 1 heterocycles. The number of nitrogens with one attached hydrogen (secondary N) is 2. The van der Waals surface area contributed by atoms with Gasteiger partial charge in [0, 0.05) is 18.0 Å². The van der Waals surface area contributed by atoms with Crippen molar-refractivity contribution in [3.8, 4) is 0 Å². The minimum Gasteiger partial charge on any atom is -0.479 e. The lowest BCUT2D eigenvalue weighted by Gasteiger charge is -2.28. The second-order valence-electron chi connectivity index (χ2n) is 5.75. The Kier molecular flexibility index (Phi) is 5.41. The minimum absolute atomic E-state index is 0.140. The lowest BCUT2D eigenvalue weighted by molar-refractivity contribution is -0.167. The molecule has 7 nitrogen and oxygen atoms in total. The number of carbonyl (C=O) groups is 3. The van der Waals surface area contributed by atoms with Gasteiger partial charge in [0.2, 0.25) is 11.9 Å². The van der Waals surface area contributed by atoms with Crippen LogP contribution < -0.4 is 5.32 Å². The average molecular weight is 350 g/mol. The number of hydrogen-bond acceptors (Lipinski definition) is 4.